The molecule has 3 nitrogen and oxygen atoms in total. The van der Waals surface area contributed by atoms with Gasteiger partial charge in [-0.15, -0.1) is 0 Å². The first kappa shape index (κ1) is 16.2. The van der Waals surface area contributed by atoms with E-state index in [0.717, 1.165) is 29.7 Å². The molecule has 3 heteroatoms. The molecule has 1 unspecified atom stereocenters. The predicted molar refractivity (Wildman–Crippen MR) is 99.5 cm³/mol. The highest BCUT2D eigenvalue weighted by Crippen LogP contribution is 2.24. The predicted octanol–water partition coefficient (Wildman–Crippen LogP) is 4.76. The van der Waals surface area contributed by atoms with E-state index < -0.39 is 0 Å². The molecular weight excluding hydrogens is 296 g/mol. The summed E-state index contributed by atoms with van der Waals surface area (Å²) in [6.07, 6.45) is 6.56. The molecule has 0 fully saturated rings. The molecule has 0 spiro atoms. The molecule has 0 aliphatic carbocycles. The lowest BCUT2D eigenvalue weighted by Gasteiger charge is -2.22. The molecule has 0 N–H and O–H groups in total. The van der Waals surface area contributed by atoms with Gasteiger partial charge in [0.2, 0.25) is 0 Å². The normalized spacial score (nSPS) is 15.1. The molecule has 1 aliphatic heterocycles. The number of nitrogens with zero attached hydrogens (tertiary/aromatic N) is 2. The fourth-order valence-corrected chi connectivity index (χ4v) is 2.88. The van der Waals surface area contributed by atoms with Crippen molar-refractivity contribution >= 4 is 17.7 Å². The van der Waals surface area contributed by atoms with Crippen LogP contribution in [0.25, 0.3) is 0 Å². The van der Waals surface area contributed by atoms with Crippen LogP contribution >= 0.6 is 0 Å². The summed E-state index contributed by atoms with van der Waals surface area (Å²) in [5.41, 5.74) is 5.52. The average Bonchev–Trinajstić information content (AvgIpc) is 2.60. The van der Waals surface area contributed by atoms with Crippen molar-refractivity contribution in [2.75, 3.05) is 5.01 Å². The third-order valence-corrected chi connectivity index (χ3v) is 4.24. The molecule has 2 aromatic carbocycles. The van der Waals surface area contributed by atoms with Gasteiger partial charge in [-0.3, -0.25) is 0 Å². The van der Waals surface area contributed by atoms with E-state index in [0.29, 0.717) is 6.42 Å². The van der Waals surface area contributed by atoms with Gasteiger partial charge in [0.1, 0.15) is 6.29 Å². The Morgan fingerprint density at radius 3 is 2.62 bits per heavy atom. The summed E-state index contributed by atoms with van der Waals surface area (Å²) in [4.78, 5) is 11.6. The van der Waals surface area contributed by atoms with E-state index in [1.807, 2.05) is 36.3 Å². The molecule has 122 valence electrons. The van der Waals surface area contributed by atoms with Crippen molar-refractivity contribution in [2.45, 2.75) is 32.6 Å². The molecular formula is C21H22N2O. The molecule has 1 heterocycles. The minimum absolute atomic E-state index is 0.144. The SMILES string of the molecule is Cc1ccc(N2C=CCC(CC(C=O)c3cccc(C)c3)=N2)cc1. The maximum Gasteiger partial charge on any atom is 0.127 e. The fourth-order valence-electron chi connectivity index (χ4n) is 2.88. The Bertz CT molecular complexity index is 775. The number of anilines is 1. The van der Waals surface area contributed by atoms with Crippen LogP contribution in [-0.2, 0) is 4.79 Å². The lowest BCUT2D eigenvalue weighted by Crippen LogP contribution is -2.18. The third kappa shape index (κ3) is 3.80. The second kappa shape index (κ2) is 7.26. The van der Waals surface area contributed by atoms with Gasteiger partial charge in [-0.2, -0.15) is 5.10 Å². The maximum atomic E-state index is 11.6. The van der Waals surface area contributed by atoms with Crippen molar-refractivity contribution in [2.24, 2.45) is 5.10 Å². The van der Waals surface area contributed by atoms with Crippen LogP contribution in [-0.4, -0.2) is 12.0 Å². The molecule has 0 saturated carbocycles. The first-order valence-corrected chi connectivity index (χ1v) is 8.26. The molecule has 0 saturated heterocycles. The Balaban J connectivity index is 1.78. The van der Waals surface area contributed by atoms with E-state index in [9.17, 15) is 4.79 Å². The Morgan fingerprint density at radius 2 is 1.92 bits per heavy atom. The van der Waals surface area contributed by atoms with E-state index >= 15 is 0 Å². The topological polar surface area (TPSA) is 32.7 Å². The number of hydrogen-bond acceptors (Lipinski definition) is 3. The number of carbonyl (C=O) groups excluding carboxylic acids is 1. The lowest BCUT2D eigenvalue weighted by atomic mass is 9.92. The standard InChI is InChI=1S/C21H22N2O/c1-16-8-10-21(11-9-16)23-12-4-7-20(22-23)14-19(15-24)18-6-3-5-17(2)13-18/h3-6,8-13,15,19H,7,14H2,1-2H3. The minimum atomic E-state index is -0.144. The monoisotopic (exact) mass is 318 g/mol. The number of aldehydes is 1. The number of allylic oxidation sites excluding steroid dienone is 1. The van der Waals surface area contributed by atoms with Gasteiger partial charge in [0, 0.05) is 30.7 Å². The number of benzene rings is 2. The number of rotatable bonds is 5. The summed E-state index contributed by atoms with van der Waals surface area (Å²) in [5.74, 6) is -0.144. The molecule has 1 aliphatic rings. The zero-order valence-electron chi connectivity index (χ0n) is 14.1. The molecule has 1 atom stereocenters. The van der Waals surface area contributed by atoms with E-state index in [2.05, 4.69) is 43.3 Å². The zero-order valence-corrected chi connectivity index (χ0v) is 14.1. The van der Waals surface area contributed by atoms with Gasteiger partial charge >= 0.3 is 0 Å². The number of aryl methyl sites for hydroxylation is 2. The second-order valence-electron chi connectivity index (χ2n) is 6.30. The Labute approximate surface area is 143 Å². The van der Waals surface area contributed by atoms with Gasteiger partial charge in [0.25, 0.3) is 0 Å². The van der Waals surface area contributed by atoms with Gasteiger partial charge in [-0.25, -0.2) is 5.01 Å². The molecule has 3 rings (SSSR count). The van der Waals surface area contributed by atoms with Gasteiger partial charge in [0.05, 0.1) is 5.69 Å². The van der Waals surface area contributed by atoms with E-state index in [-0.39, 0.29) is 5.92 Å². The van der Waals surface area contributed by atoms with Crippen LogP contribution in [0.5, 0.6) is 0 Å². The first-order chi connectivity index (χ1) is 11.7. The largest absolute Gasteiger partial charge is 0.303 e. The van der Waals surface area contributed by atoms with Crippen molar-refractivity contribution in [1.82, 2.24) is 0 Å². The first-order valence-electron chi connectivity index (χ1n) is 8.26. The van der Waals surface area contributed by atoms with Crippen LogP contribution in [0.4, 0.5) is 5.69 Å². The Kier molecular flexibility index (Phi) is 4.90. The molecule has 0 aromatic heterocycles. The minimum Gasteiger partial charge on any atom is -0.303 e. The van der Waals surface area contributed by atoms with Crippen molar-refractivity contribution in [1.29, 1.82) is 0 Å². The summed E-state index contributed by atoms with van der Waals surface area (Å²) in [6.45, 7) is 4.12. The fraction of sp³-hybridized carbons (Fsp3) is 0.238. The average molecular weight is 318 g/mol. The highest BCUT2D eigenvalue weighted by Gasteiger charge is 2.16. The Morgan fingerprint density at radius 1 is 1.12 bits per heavy atom. The van der Waals surface area contributed by atoms with Crippen LogP contribution < -0.4 is 5.01 Å². The van der Waals surface area contributed by atoms with E-state index in [4.69, 9.17) is 5.10 Å². The van der Waals surface area contributed by atoms with Crippen molar-refractivity contribution in [3.05, 3.63) is 77.5 Å². The van der Waals surface area contributed by atoms with Crippen LogP contribution in [0.3, 0.4) is 0 Å². The summed E-state index contributed by atoms with van der Waals surface area (Å²) in [6, 6.07) is 16.4. The number of hydrogen-bond donors (Lipinski definition) is 0. The molecule has 0 amide bonds. The summed E-state index contributed by atoms with van der Waals surface area (Å²) >= 11 is 0. The summed E-state index contributed by atoms with van der Waals surface area (Å²) in [5, 5.41) is 6.61. The van der Waals surface area contributed by atoms with Crippen LogP contribution in [0.1, 0.15) is 35.4 Å². The smallest absolute Gasteiger partial charge is 0.127 e. The van der Waals surface area contributed by atoms with Gasteiger partial charge in [-0.05, 0) is 31.5 Å². The van der Waals surface area contributed by atoms with Crippen LogP contribution in [0.2, 0.25) is 0 Å². The van der Waals surface area contributed by atoms with E-state index in [1.165, 1.54) is 11.1 Å². The quantitative estimate of drug-likeness (QED) is 0.745. The Hall–Kier alpha value is -2.68. The van der Waals surface area contributed by atoms with Crippen molar-refractivity contribution < 1.29 is 4.79 Å². The maximum absolute atomic E-state index is 11.6. The molecule has 0 bridgehead atoms. The van der Waals surface area contributed by atoms with E-state index in [1.54, 1.807) is 0 Å². The highest BCUT2D eigenvalue weighted by molar-refractivity contribution is 5.90. The van der Waals surface area contributed by atoms with Crippen LogP contribution in [0.15, 0.2) is 65.9 Å². The third-order valence-electron chi connectivity index (χ3n) is 4.24. The number of carbonyl (C=O) groups is 1. The summed E-state index contributed by atoms with van der Waals surface area (Å²) in [7, 11) is 0. The summed E-state index contributed by atoms with van der Waals surface area (Å²) < 4.78 is 0. The van der Waals surface area contributed by atoms with Gasteiger partial charge in [0.15, 0.2) is 0 Å². The van der Waals surface area contributed by atoms with Crippen molar-refractivity contribution in [3.63, 3.8) is 0 Å². The molecule has 0 radical (unpaired) electrons. The van der Waals surface area contributed by atoms with Gasteiger partial charge < -0.3 is 4.79 Å². The molecule has 24 heavy (non-hydrogen) atoms. The number of hydrazone groups is 1. The zero-order chi connectivity index (χ0) is 16.9. The van der Waals surface area contributed by atoms with Crippen LogP contribution in [0, 0.1) is 13.8 Å². The van der Waals surface area contributed by atoms with Gasteiger partial charge in [-0.1, -0.05) is 53.6 Å². The van der Waals surface area contributed by atoms with Crippen molar-refractivity contribution in [3.8, 4) is 0 Å². The lowest BCUT2D eigenvalue weighted by molar-refractivity contribution is -0.108. The molecule has 2 aromatic rings. The second-order valence-corrected chi connectivity index (χ2v) is 6.30. The highest BCUT2D eigenvalue weighted by atomic mass is 16.1.